The standard InChI is InChI=1S/C24H22FN5O2S/c1-26-19(22-23(31)29-21-14-33-13-20(21)28-22)12-15-6-7-18(25)17(11-15)24(32)30(2)10-8-16-5-3-4-9-27-16/h3-7,9,11-14,26H,8,10H2,1-2H3,(H,29,31)/b19-12-. The highest BCUT2D eigenvalue weighted by atomic mass is 32.1. The second kappa shape index (κ2) is 9.74. The molecule has 0 saturated heterocycles. The predicted octanol–water partition coefficient (Wildman–Crippen LogP) is 3.55. The van der Waals surface area contributed by atoms with Crippen LogP contribution in [0.15, 0.2) is 58.1 Å². The van der Waals surface area contributed by atoms with Gasteiger partial charge in [-0.15, -0.1) is 11.3 Å². The first-order valence-electron chi connectivity index (χ1n) is 10.3. The van der Waals surface area contributed by atoms with Crippen LogP contribution in [0.2, 0.25) is 0 Å². The zero-order chi connectivity index (χ0) is 23.4. The van der Waals surface area contributed by atoms with Gasteiger partial charge in [0.15, 0.2) is 5.69 Å². The fraction of sp³-hybridized carbons (Fsp3) is 0.167. The van der Waals surface area contributed by atoms with Crippen molar-refractivity contribution in [3.8, 4) is 0 Å². The quantitative estimate of drug-likeness (QED) is 0.437. The minimum Gasteiger partial charge on any atom is -0.386 e. The Morgan fingerprint density at radius 3 is 2.88 bits per heavy atom. The Morgan fingerprint density at radius 1 is 1.27 bits per heavy atom. The Kier molecular flexibility index (Phi) is 6.60. The molecular weight excluding hydrogens is 441 g/mol. The van der Waals surface area contributed by atoms with Crippen LogP contribution in [-0.4, -0.2) is 46.4 Å². The average molecular weight is 464 g/mol. The van der Waals surface area contributed by atoms with Gasteiger partial charge in [-0.05, 0) is 35.9 Å². The molecule has 0 spiro atoms. The second-order valence-electron chi connectivity index (χ2n) is 7.43. The number of aromatic amines is 1. The molecule has 0 radical (unpaired) electrons. The van der Waals surface area contributed by atoms with E-state index in [-0.39, 0.29) is 16.8 Å². The Morgan fingerprint density at radius 2 is 2.12 bits per heavy atom. The molecule has 2 N–H and O–H groups in total. The first kappa shape index (κ1) is 22.3. The molecule has 0 aliphatic carbocycles. The van der Waals surface area contributed by atoms with E-state index >= 15 is 0 Å². The molecule has 0 bridgehead atoms. The molecule has 0 saturated carbocycles. The molecule has 33 heavy (non-hydrogen) atoms. The van der Waals surface area contributed by atoms with E-state index in [1.54, 1.807) is 32.4 Å². The van der Waals surface area contributed by atoms with Gasteiger partial charge in [0.2, 0.25) is 0 Å². The summed E-state index contributed by atoms with van der Waals surface area (Å²) in [4.78, 5) is 38.4. The molecule has 4 aromatic rings. The van der Waals surface area contributed by atoms with Crippen LogP contribution in [0.3, 0.4) is 0 Å². The lowest BCUT2D eigenvalue weighted by Gasteiger charge is -2.17. The normalized spacial score (nSPS) is 11.5. The van der Waals surface area contributed by atoms with E-state index in [0.717, 1.165) is 5.69 Å². The number of nitrogens with zero attached hydrogens (tertiary/aromatic N) is 3. The molecule has 9 heteroatoms. The summed E-state index contributed by atoms with van der Waals surface area (Å²) in [5.41, 5.74) is 3.06. The van der Waals surface area contributed by atoms with Crippen LogP contribution in [0.25, 0.3) is 22.8 Å². The number of hydrogen-bond acceptors (Lipinski definition) is 6. The third kappa shape index (κ3) is 4.98. The molecule has 3 aromatic heterocycles. The minimum atomic E-state index is -0.608. The molecule has 0 aliphatic heterocycles. The van der Waals surface area contributed by atoms with Gasteiger partial charge in [-0.25, -0.2) is 9.37 Å². The van der Waals surface area contributed by atoms with Gasteiger partial charge in [-0.2, -0.15) is 0 Å². The van der Waals surface area contributed by atoms with Crippen LogP contribution in [0.4, 0.5) is 4.39 Å². The molecule has 168 valence electrons. The minimum absolute atomic E-state index is 0.0436. The number of rotatable bonds is 7. The maximum absolute atomic E-state index is 14.5. The SMILES string of the molecule is CN/C(=C\c1ccc(F)c(C(=O)N(C)CCc2ccccn2)c1)c1nc2cscc2[nH]c1=O. The first-order valence-corrected chi connectivity index (χ1v) is 11.2. The molecule has 1 amide bonds. The molecule has 0 atom stereocenters. The first-order chi connectivity index (χ1) is 16.0. The summed E-state index contributed by atoms with van der Waals surface area (Å²) in [7, 11) is 3.30. The number of benzene rings is 1. The highest BCUT2D eigenvalue weighted by Gasteiger charge is 2.17. The molecule has 4 rings (SSSR count). The predicted molar refractivity (Wildman–Crippen MR) is 128 cm³/mol. The van der Waals surface area contributed by atoms with E-state index in [0.29, 0.717) is 35.3 Å². The van der Waals surface area contributed by atoms with E-state index in [1.807, 2.05) is 29.0 Å². The van der Waals surface area contributed by atoms with Gasteiger partial charge in [0.05, 0.1) is 22.3 Å². The second-order valence-corrected chi connectivity index (χ2v) is 8.17. The number of fused-ring (bicyclic) bond motifs is 1. The van der Waals surface area contributed by atoms with Crippen LogP contribution in [-0.2, 0) is 6.42 Å². The van der Waals surface area contributed by atoms with Crippen molar-refractivity contribution in [1.82, 2.24) is 25.2 Å². The van der Waals surface area contributed by atoms with E-state index in [1.165, 1.54) is 28.4 Å². The zero-order valence-electron chi connectivity index (χ0n) is 18.1. The monoisotopic (exact) mass is 463 g/mol. The van der Waals surface area contributed by atoms with Crippen LogP contribution in [0, 0.1) is 5.82 Å². The summed E-state index contributed by atoms with van der Waals surface area (Å²) in [6.45, 7) is 0.400. The van der Waals surface area contributed by atoms with Crippen molar-refractivity contribution in [3.05, 3.63) is 92.0 Å². The highest BCUT2D eigenvalue weighted by molar-refractivity contribution is 7.09. The van der Waals surface area contributed by atoms with Crippen molar-refractivity contribution < 1.29 is 9.18 Å². The van der Waals surface area contributed by atoms with Gasteiger partial charge >= 0.3 is 0 Å². The van der Waals surface area contributed by atoms with E-state index < -0.39 is 11.7 Å². The largest absolute Gasteiger partial charge is 0.386 e. The van der Waals surface area contributed by atoms with Gasteiger partial charge in [0.1, 0.15) is 5.82 Å². The van der Waals surface area contributed by atoms with Crippen LogP contribution < -0.4 is 10.9 Å². The van der Waals surface area contributed by atoms with Crippen molar-refractivity contribution in [2.45, 2.75) is 6.42 Å². The topological polar surface area (TPSA) is 91.0 Å². The summed E-state index contributed by atoms with van der Waals surface area (Å²) in [6, 6.07) is 9.87. The van der Waals surface area contributed by atoms with Crippen molar-refractivity contribution in [3.63, 3.8) is 0 Å². The molecule has 7 nitrogen and oxygen atoms in total. The molecule has 3 heterocycles. The molecule has 0 fully saturated rings. The van der Waals surface area contributed by atoms with Crippen LogP contribution in [0.1, 0.15) is 27.3 Å². The fourth-order valence-corrected chi connectivity index (χ4v) is 4.06. The number of likely N-dealkylation sites (N-methyl/N-ethyl adjacent to an activating group) is 1. The molecule has 0 unspecified atom stereocenters. The number of pyridine rings is 1. The van der Waals surface area contributed by atoms with Crippen molar-refractivity contribution in [1.29, 1.82) is 0 Å². The third-order valence-corrected chi connectivity index (χ3v) is 5.90. The van der Waals surface area contributed by atoms with E-state index in [9.17, 15) is 14.0 Å². The maximum Gasteiger partial charge on any atom is 0.276 e. The number of thiophene rings is 1. The lowest BCUT2D eigenvalue weighted by atomic mass is 10.1. The number of carbonyl (C=O) groups excluding carboxylic acids is 1. The number of carbonyl (C=O) groups is 1. The number of nitrogens with one attached hydrogen (secondary N) is 2. The van der Waals surface area contributed by atoms with Gasteiger partial charge in [-0.3, -0.25) is 14.6 Å². The van der Waals surface area contributed by atoms with E-state index in [2.05, 4.69) is 20.3 Å². The van der Waals surface area contributed by atoms with Gasteiger partial charge < -0.3 is 15.2 Å². The van der Waals surface area contributed by atoms with Crippen molar-refractivity contribution in [2.24, 2.45) is 0 Å². The van der Waals surface area contributed by atoms with Crippen LogP contribution >= 0.6 is 11.3 Å². The lowest BCUT2D eigenvalue weighted by Crippen LogP contribution is -2.29. The average Bonchev–Trinajstić information content (AvgIpc) is 3.29. The third-order valence-electron chi connectivity index (χ3n) is 5.17. The number of H-pyrrole nitrogens is 1. The molecular formula is C24H22FN5O2S. The fourth-order valence-electron chi connectivity index (χ4n) is 3.36. The Labute approximate surface area is 193 Å². The summed E-state index contributed by atoms with van der Waals surface area (Å²) >= 11 is 1.45. The van der Waals surface area contributed by atoms with Crippen LogP contribution in [0.5, 0.6) is 0 Å². The van der Waals surface area contributed by atoms with Gasteiger partial charge in [0, 0.05) is 49.7 Å². The highest BCUT2D eigenvalue weighted by Crippen LogP contribution is 2.19. The number of amides is 1. The Bertz CT molecular complexity index is 1380. The van der Waals surface area contributed by atoms with Crippen molar-refractivity contribution in [2.75, 3.05) is 20.6 Å². The number of halogens is 1. The summed E-state index contributed by atoms with van der Waals surface area (Å²) in [6.07, 6.45) is 3.93. The maximum atomic E-state index is 14.5. The molecule has 1 aromatic carbocycles. The van der Waals surface area contributed by atoms with E-state index in [4.69, 9.17) is 0 Å². The smallest absolute Gasteiger partial charge is 0.276 e. The zero-order valence-corrected chi connectivity index (χ0v) is 18.9. The Hall–Kier alpha value is -3.85. The van der Waals surface area contributed by atoms with Crippen molar-refractivity contribution >= 4 is 40.1 Å². The number of hydrogen-bond donors (Lipinski definition) is 2. The molecule has 0 aliphatic rings. The van der Waals surface area contributed by atoms with Gasteiger partial charge in [-0.1, -0.05) is 12.1 Å². The number of aromatic nitrogens is 3. The summed E-state index contributed by atoms with van der Waals surface area (Å²) in [5.74, 6) is -1.04. The summed E-state index contributed by atoms with van der Waals surface area (Å²) in [5, 5.41) is 6.64. The van der Waals surface area contributed by atoms with Gasteiger partial charge in [0.25, 0.3) is 11.5 Å². The Balaban J connectivity index is 1.60. The lowest BCUT2D eigenvalue weighted by molar-refractivity contribution is 0.0791. The summed E-state index contributed by atoms with van der Waals surface area (Å²) < 4.78 is 14.5.